The van der Waals surface area contributed by atoms with E-state index in [-0.39, 0.29) is 42.3 Å². The second kappa shape index (κ2) is 63.6. The third-order valence-electron chi connectivity index (χ3n) is 15.7. The van der Waals surface area contributed by atoms with E-state index in [9.17, 15) is 24.3 Å². The molecule has 0 radical (unpaired) electrons. The van der Waals surface area contributed by atoms with Crippen LogP contribution in [-0.4, -0.2) is 53.7 Å². The van der Waals surface area contributed by atoms with Gasteiger partial charge in [-0.3, -0.25) is 14.4 Å². The van der Waals surface area contributed by atoms with Gasteiger partial charge in [-0.25, -0.2) is 0 Å². The Bertz CT molecular complexity index is 1470. The Balaban J connectivity index is 4.22. The van der Waals surface area contributed by atoms with Crippen LogP contribution in [0.2, 0.25) is 0 Å². The minimum absolute atomic E-state index is 0.0119. The molecule has 4 atom stereocenters. The van der Waals surface area contributed by atoms with E-state index in [1.807, 2.05) is 0 Å². The van der Waals surface area contributed by atoms with Crippen LogP contribution in [0.5, 0.6) is 0 Å². The highest BCUT2D eigenvalue weighted by Crippen LogP contribution is 2.20. The molecule has 1 N–H and O–H groups in total. The number of hydrogen-bond acceptors (Lipinski definition) is 8. The highest BCUT2D eigenvalue weighted by molar-refractivity contribution is 5.70. The fraction of sp³-hybridized carbons (Fsp3) is 0.833. The largest absolute Gasteiger partial charge is 0.462 e. The number of aldehydes is 1. The van der Waals surface area contributed by atoms with Gasteiger partial charge in [0.05, 0.1) is 6.10 Å². The third-order valence-corrected chi connectivity index (χ3v) is 15.7. The molecule has 0 heterocycles. The first kappa shape index (κ1) is 77.0. The van der Waals surface area contributed by atoms with Gasteiger partial charge < -0.3 is 24.1 Å². The van der Waals surface area contributed by atoms with Gasteiger partial charge in [-0.1, -0.05) is 211 Å². The Morgan fingerprint density at radius 1 is 0.287 bits per heavy atom. The van der Waals surface area contributed by atoms with Crippen LogP contribution in [0.1, 0.15) is 362 Å². The highest BCUT2D eigenvalue weighted by Gasteiger charge is 2.16. The number of rotatable bonds is 63. The number of aliphatic hydroxyl groups excluding tert-OH is 1. The topological polar surface area (TPSA) is 116 Å². The second-order valence-corrected chi connectivity index (χ2v) is 23.6. The molecule has 0 aromatic rings. The molecule has 0 fully saturated rings. The molecule has 0 aromatic heterocycles. The summed E-state index contributed by atoms with van der Waals surface area (Å²) in [6.45, 7) is 8.85. The highest BCUT2D eigenvalue weighted by atomic mass is 16.6. The molecular weight excluding hydrogens is 993 g/mol. The predicted octanol–water partition coefficient (Wildman–Crippen LogP) is 21.9. The van der Waals surface area contributed by atoms with Gasteiger partial charge in [0.2, 0.25) is 0 Å². The molecule has 8 heteroatoms. The monoisotopic (exact) mass is 1120 g/mol. The number of unbranched alkanes of at least 4 members (excludes halogenated alkanes) is 29. The molecule has 0 aliphatic carbocycles. The number of carbonyl (C=O) groups excluding carboxylic acids is 4. The van der Waals surface area contributed by atoms with Crippen LogP contribution < -0.4 is 0 Å². The summed E-state index contributed by atoms with van der Waals surface area (Å²) in [4.78, 5) is 48.8. The van der Waals surface area contributed by atoms with Gasteiger partial charge in [-0.05, 0) is 173 Å². The van der Waals surface area contributed by atoms with Gasteiger partial charge >= 0.3 is 17.9 Å². The molecule has 0 rings (SSSR count). The molecule has 0 aliphatic rings. The maximum absolute atomic E-state index is 12.9. The summed E-state index contributed by atoms with van der Waals surface area (Å²) in [7, 11) is 0. The normalized spacial score (nSPS) is 13.5. The predicted molar refractivity (Wildman–Crippen MR) is 341 cm³/mol. The third kappa shape index (κ3) is 58.2. The summed E-state index contributed by atoms with van der Waals surface area (Å²) in [5.74, 6) is -0.0864. The number of ether oxygens (including phenoxy) is 3. The molecule has 466 valence electrons. The molecule has 0 aromatic carbocycles. The first-order chi connectivity index (χ1) is 39.3. The maximum atomic E-state index is 12.9. The van der Waals surface area contributed by atoms with Crippen molar-refractivity contribution in [1.29, 1.82) is 0 Å². The lowest BCUT2D eigenvalue weighted by molar-refractivity contribution is -0.150. The minimum Gasteiger partial charge on any atom is -0.462 e. The first-order valence-corrected chi connectivity index (χ1v) is 34.6. The van der Waals surface area contributed by atoms with Crippen molar-refractivity contribution in [2.75, 3.05) is 0 Å². The van der Waals surface area contributed by atoms with E-state index < -0.39 is 0 Å². The lowest BCUT2D eigenvalue weighted by Gasteiger charge is -2.17. The average Bonchev–Trinajstić information content (AvgIpc) is 3.44. The van der Waals surface area contributed by atoms with Crippen LogP contribution in [-0.2, 0) is 33.4 Å². The molecule has 0 amide bonds. The SMILES string of the molecule is CCCCCC(O)CC/C=C\CCCCCCCC(=O)OC(CC/C=C\CCCCCCCC(=O)OC(CC/C=C\CCCCCCCC(=O)OC(CC/C=C\CCCCCCCC=O)CCCCC)CCCCC)CCCCC. The Morgan fingerprint density at radius 3 is 0.838 bits per heavy atom. The van der Waals surface area contributed by atoms with Gasteiger partial charge in [-0.15, -0.1) is 0 Å². The summed E-state index contributed by atoms with van der Waals surface area (Å²) >= 11 is 0. The van der Waals surface area contributed by atoms with E-state index in [0.717, 1.165) is 218 Å². The average molecular weight is 1120 g/mol. The number of carbonyl (C=O) groups is 4. The van der Waals surface area contributed by atoms with Crippen LogP contribution in [0.15, 0.2) is 48.6 Å². The van der Waals surface area contributed by atoms with Crippen LogP contribution >= 0.6 is 0 Å². The van der Waals surface area contributed by atoms with Crippen LogP contribution in [0.25, 0.3) is 0 Å². The van der Waals surface area contributed by atoms with Crippen molar-refractivity contribution in [3.05, 3.63) is 48.6 Å². The summed E-state index contributed by atoms with van der Waals surface area (Å²) in [5, 5.41) is 10.1. The minimum atomic E-state index is -0.150. The van der Waals surface area contributed by atoms with Gasteiger partial charge in [0.1, 0.15) is 24.6 Å². The zero-order chi connectivity index (χ0) is 58.3. The fourth-order valence-electron chi connectivity index (χ4n) is 10.4. The van der Waals surface area contributed by atoms with Gasteiger partial charge in [-0.2, -0.15) is 0 Å². The molecule has 0 aliphatic heterocycles. The van der Waals surface area contributed by atoms with Gasteiger partial charge in [0, 0.05) is 25.7 Å². The van der Waals surface area contributed by atoms with Crippen molar-refractivity contribution >= 4 is 24.2 Å². The van der Waals surface area contributed by atoms with Crippen molar-refractivity contribution in [3.63, 3.8) is 0 Å². The summed E-state index contributed by atoms with van der Waals surface area (Å²) in [6, 6.07) is 0. The molecular formula is C72H130O8. The van der Waals surface area contributed by atoms with Crippen LogP contribution in [0.4, 0.5) is 0 Å². The van der Waals surface area contributed by atoms with Gasteiger partial charge in [0.25, 0.3) is 0 Å². The first-order valence-electron chi connectivity index (χ1n) is 34.6. The smallest absolute Gasteiger partial charge is 0.306 e. The van der Waals surface area contributed by atoms with Crippen LogP contribution in [0.3, 0.4) is 0 Å². The number of allylic oxidation sites excluding steroid dienone is 8. The molecule has 0 saturated heterocycles. The van der Waals surface area contributed by atoms with Crippen LogP contribution in [0, 0.1) is 0 Å². The summed E-state index contributed by atoms with van der Waals surface area (Å²) in [5.41, 5.74) is 0. The molecule has 4 unspecified atom stereocenters. The summed E-state index contributed by atoms with van der Waals surface area (Å²) < 4.78 is 18.0. The fourth-order valence-corrected chi connectivity index (χ4v) is 10.4. The molecule has 8 nitrogen and oxygen atoms in total. The lowest BCUT2D eigenvalue weighted by Crippen LogP contribution is -2.18. The maximum Gasteiger partial charge on any atom is 0.306 e. The lowest BCUT2D eigenvalue weighted by atomic mass is 10.0. The molecule has 0 bridgehead atoms. The number of hydrogen-bond donors (Lipinski definition) is 1. The van der Waals surface area contributed by atoms with Gasteiger partial charge in [0.15, 0.2) is 0 Å². The Labute approximate surface area is 495 Å². The number of aliphatic hydroxyl groups is 1. The van der Waals surface area contributed by atoms with E-state index in [2.05, 4.69) is 76.3 Å². The second-order valence-electron chi connectivity index (χ2n) is 23.6. The van der Waals surface area contributed by atoms with E-state index in [1.165, 1.54) is 96.3 Å². The van der Waals surface area contributed by atoms with Crippen molar-refractivity contribution < 1.29 is 38.5 Å². The standard InChI is InChI=1S/C72H130O8/c1-5-9-42-54-66(74)55-46-34-26-18-15-22-30-38-50-62-70(75)79-68(57-44-11-7-3)60-48-36-28-20-17-24-32-40-52-64-72(77)80-69(58-45-12-8-4)61-49-37-29-21-16-23-31-39-51-63-71(76)78-67(56-43-10-6-2)59-47-35-27-19-13-14-25-33-41-53-65-73/h26-29,34-37,65-69,74H,5-25,30-33,38-64H2,1-4H3/b34-26-,35-27-,36-28-,37-29-. The van der Waals surface area contributed by atoms with E-state index in [4.69, 9.17) is 14.2 Å². The Morgan fingerprint density at radius 2 is 0.537 bits per heavy atom. The number of esters is 3. The van der Waals surface area contributed by atoms with E-state index >= 15 is 0 Å². The zero-order valence-electron chi connectivity index (χ0n) is 53.1. The van der Waals surface area contributed by atoms with Crippen molar-refractivity contribution in [1.82, 2.24) is 0 Å². The van der Waals surface area contributed by atoms with Crippen molar-refractivity contribution in [3.8, 4) is 0 Å². The van der Waals surface area contributed by atoms with E-state index in [0.29, 0.717) is 25.7 Å². The summed E-state index contributed by atoms with van der Waals surface area (Å²) in [6.07, 6.45) is 73.2. The quantitative estimate of drug-likeness (QED) is 0.0210. The molecule has 0 saturated carbocycles. The Hall–Kier alpha value is -3.00. The zero-order valence-corrected chi connectivity index (χ0v) is 53.1. The molecule has 0 spiro atoms. The van der Waals surface area contributed by atoms with Crippen molar-refractivity contribution in [2.24, 2.45) is 0 Å². The van der Waals surface area contributed by atoms with E-state index in [1.54, 1.807) is 0 Å². The Kier molecular flexibility index (Phi) is 61.2. The molecule has 80 heavy (non-hydrogen) atoms. The van der Waals surface area contributed by atoms with Crippen molar-refractivity contribution in [2.45, 2.75) is 386 Å².